The first-order chi connectivity index (χ1) is 8.60. The Balaban J connectivity index is 2.81. The first kappa shape index (κ1) is 15.7. The molecule has 0 saturated heterocycles. The summed E-state index contributed by atoms with van der Waals surface area (Å²) in [7, 11) is 0. The number of nitrogens with one attached hydrogen (secondary N) is 1. The summed E-state index contributed by atoms with van der Waals surface area (Å²) in [4.78, 5) is 0. The highest BCUT2D eigenvalue weighted by atomic mass is 35.5. The fourth-order valence-electron chi connectivity index (χ4n) is 1.92. The molecule has 0 aliphatic rings. The highest BCUT2D eigenvalue weighted by Crippen LogP contribution is 2.23. The van der Waals surface area contributed by atoms with Gasteiger partial charge in [-0.05, 0) is 36.6 Å². The lowest BCUT2D eigenvalue weighted by atomic mass is 10.0. The minimum atomic E-state index is -0.00213. The molecule has 0 aliphatic heterocycles. The van der Waals surface area contributed by atoms with Gasteiger partial charge in [0.25, 0.3) is 0 Å². The summed E-state index contributed by atoms with van der Waals surface area (Å²) in [6.07, 6.45) is 1.65. The molecule has 0 fully saturated rings. The van der Waals surface area contributed by atoms with Crippen LogP contribution >= 0.6 is 23.2 Å². The number of rotatable bonds is 7. The van der Waals surface area contributed by atoms with Crippen molar-refractivity contribution in [2.24, 2.45) is 5.73 Å². The number of nitrogens with two attached hydrogens (primary N) is 1. The Hall–Kier alpha value is -0.320. The van der Waals surface area contributed by atoms with Crippen molar-refractivity contribution in [3.8, 4) is 0 Å². The van der Waals surface area contributed by atoms with Crippen LogP contribution in [0.5, 0.6) is 0 Å². The molecule has 3 nitrogen and oxygen atoms in total. The van der Waals surface area contributed by atoms with Crippen LogP contribution in [-0.2, 0) is 0 Å². The van der Waals surface area contributed by atoms with Crippen molar-refractivity contribution in [3.05, 3.63) is 33.8 Å². The minimum absolute atomic E-state index is 0.00213. The molecule has 18 heavy (non-hydrogen) atoms. The molecule has 0 aliphatic carbocycles. The molecule has 0 aromatic heterocycles. The van der Waals surface area contributed by atoms with E-state index in [2.05, 4.69) is 12.2 Å². The Kier molecular flexibility index (Phi) is 6.97. The van der Waals surface area contributed by atoms with Gasteiger partial charge in [0.2, 0.25) is 0 Å². The first-order valence-corrected chi connectivity index (χ1v) is 6.89. The lowest BCUT2D eigenvalue weighted by molar-refractivity contribution is 0.256. The zero-order valence-corrected chi connectivity index (χ0v) is 12.0. The molecule has 102 valence electrons. The van der Waals surface area contributed by atoms with Crippen molar-refractivity contribution in [1.29, 1.82) is 0 Å². The normalized spacial score (nSPS) is 14.5. The van der Waals surface area contributed by atoms with Crippen LogP contribution in [0.3, 0.4) is 0 Å². The average Bonchev–Trinajstić information content (AvgIpc) is 2.33. The summed E-state index contributed by atoms with van der Waals surface area (Å²) in [5, 5.41) is 13.6. The molecular weight excluding hydrogens is 271 g/mol. The van der Waals surface area contributed by atoms with Crippen LogP contribution in [0, 0.1) is 0 Å². The molecule has 0 heterocycles. The van der Waals surface area contributed by atoms with Gasteiger partial charge in [-0.1, -0.05) is 30.1 Å². The lowest BCUT2D eigenvalue weighted by Crippen LogP contribution is -2.37. The molecule has 2 atom stereocenters. The van der Waals surface area contributed by atoms with Gasteiger partial charge in [-0.2, -0.15) is 0 Å². The van der Waals surface area contributed by atoms with E-state index in [0.29, 0.717) is 23.0 Å². The van der Waals surface area contributed by atoms with Crippen LogP contribution < -0.4 is 11.1 Å². The minimum Gasteiger partial charge on any atom is -0.396 e. The molecule has 1 aromatic rings. The van der Waals surface area contributed by atoms with Gasteiger partial charge in [-0.25, -0.2) is 0 Å². The van der Waals surface area contributed by atoms with Crippen molar-refractivity contribution in [2.75, 3.05) is 13.2 Å². The van der Waals surface area contributed by atoms with Crippen molar-refractivity contribution in [3.63, 3.8) is 0 Å². The quantitative estimate of drug-likeness (QED) is 0.724. The summed E-state index contributed by atoms with van der Waals surface area (Å²) in [6, 6.07) is 5.66. The van der Waals surface area contributed by atoms with Crippen LogP contribution in [0.2, 0.25) is 10.0 Å². The summed E-state index contributed by atoms with van der Waals surface area (Å²) in [5.74, 6) is 0. The molecule has 1 rings (SSSR count). The van der Waals surface area contributed by atoms with Crippen LogP contribution in [0.1, 0.15) is 31.4 Å². The molecule has 0 saturated carbocycles. The summed E-state index contributed by atoms with van der Waals surface area (Å²) in [6.45, 7) is 2.70. The number of hydrogen-bond acceptors (Lipinski definition) is 3. The average molecular weight is 291 g/mol. The van der Waals surface area contributed by atoms with Gasteiger partial charge in [0.15, 0.2) is 0 Å². The maximum atomic E-state index is 9.00. The lowest BCUT2D eigenvalue weighted by Gasteiger charge is -2.24. The third-order valence-corrected chi connectivity index (χ3v) is 3.37. The number of hydrogen-bond donors (Lipinski definition) is 3. The second-order valence-electron chi connectivity index (χ2n) is 4.28. The molecular formula is C13H20Cl2N2O. The maximum Gasteiger partial charge on any atom is 0.0447 e. The molecule has 4 N–H and O–H groups in total. The van der Waals surface area contributed by atoms with Crippen LogP contribution in [0.4, 0.5) is 0 Å². The Labute approximate surface area is 118 Å². The Bertz CT molecular complexity index is 354. The number of aliphatic hydroxyl groups is 1. The second-order valence-corrected chi connectivity index (χ2v) is 5.15. The standard InChI is InChI=1S/C13H20Cl2N2O/c1-2-12(3-4-18)17-13(8-16)9-5-10(14)7-11(15)6-9/h5-7,12-13,17-18H,2-4,8,16H2,1H3. The molecule has 2 unspecified atom stereocenters. The van der Waals surface area contributed by atoms with Crippen molar-refractivity contribution in [1.82, 2.24) is 5.32 Å². The van der Waals surface area contributed by atoms with Gasteiger partial charge >= 0.3 is 0 Å². The highest BCUT2D eigenvalue weighted by Gasteiger charge is 2.15. The van der Waals surface area contributed by atoms with Gasteiger partial charge < -0.3 is 16.2 Å². The SMILES string of the molecule is CCC(CCO)NC(CN)c1cc(Cl)cc(Cl)c1. The third kappa shape index (κ3) is 4.75. The van der Waals surface area contributed by atoms with E-state index >= 15 is 0 Å². The molecule has 0 bridgehead atoms. The highest BCUT2D eigenvalue weighted by molar-refractivity contribution is 6.34. The van der Waals surface area contributed by atoms with E-state index in [4.69, 9.17) is 34.0 Å². The van der Waals surface area contributed by atoms with E-state index in [-0.39, 0.29) is 18.7 Å². The van der Waals surface area contributed by atoms with Gasteiger partial charge in [-0.3, -0.25) is 0 Å². The zero-order valence-electron chi connectivity index (χ0n) is 10.5. The summed E-state index contributed by atoms with van der Waals surface area (Å²) >= 11 is 12.0. The summed E-state index contributed by atoms with van der Waals surface area (Å²) in [5.41, 5.74) is 6.77. The van der Waals surface area contributed by atoms with Crippen LogP contribution in [0.15, 0.2) is 18.2 Å². The third-order valence-electron chi connectivity index (χ3n) is 2.93. The van der Waals surface area contributed by atoms with E-state index in [1.54, 1.807) is 6.07 Å². The Morgan fingerprint density at radius 1 is 1.28 bits per heavy atom. The van der Waals surface area contributed by atoms with Crippen LogP contribution in [-0.4, -0.2) is 24.3 Å². The predicted octanol–water partition coefficient (Wildman–Crippen LogP) is 2.74. The molecule has 0 amide bonds. The Morgan fingerprint density at radius 3 is 2.33 bits per heavy atom. The second kappa shape index (κ2) is 7.97. The number of benzene rings is 1. The fraction of sp³-hybridized carbons (Fsp3) is 0.538. The molecule has 0 radical (unpaired) electrons. The van der Waals surface area contributed by atoms with E-state index in [1.807, 2.05) is 12.1 Å². The first-order valence-electron chi connectivity index (χ1n) is 6.13. The predicted molar refractivity (Wildman–Crippen MR) is 77.2 cm³/mol. The summed E-state index contributed by atoms with van der Waals surface area (Å²) < 4.78 is 0. The van der Waals surface area contributed by atoms with Gasteiger partial charge in [0.1, 0.15) is 0 Å². The van der Waals surface area contributed by atoms with E-state index < -0.39 is 0 Å². The van der Waals surface area contributed by atoms with E-state index in [0.717, 1.165) is 12.0 Å². The fourth-order valence-corrected chi connectivity index (χ4v) is 2.47. The molecule has 0 spiro atoms. The molecule has 1 aromatic carbocycles. The largest absolute Gasteiger partial charge is 0.396 e. The maximum absolute atomic E-state index is 9.00. The van der Waals surface area contributed by atoms with Crippen molar-refractivity contribution in [2.45, 2.75) is 31.8 Å². The Morgan fingerprint density at radius 2 is 1.89 bits per heavy atom. The van der Waals surface area contributed by atoms with Crippen molar-refractivity contribution < 1.29 is 5.11 Å². The van der Waals surface area contributed by atoms with Crippen molar-refractivity contribution >= 4 is 23.2 Å². The zero-order chi connectivity index (χ0) is 13.5. The number of aliphatic hydroxyl groups excluding tert-OH is 1. The van der Waals surface area contributed by atoms with Gasteiger partial charge in [-0.15, -0.1) is 0 Å². The monoisotopic (exact) mass is 290 g/mol. The van der Waals surface area contributed by atoms with Crippen LogP contribution in [0.25, 0.3) is 0 Å². The topological polar surface area (TPSA) is 58.3 Å². The smallest absolute Gasteiger partial charge is 0.0447 e. The molecule has 5 heteroatoms. The van der Waals surface area contributed by atoms with Gasteiger partial charge in [0, 0.05) is 35.3 Å². The van der Waals surface area contributed by atoms with Gasteiger partial charge in [0.05, 0.1) is 0 Å². The number of halogens is 2. The van der Waals surface area contributed by atoms with E-state index in [1.165, 1.54) is 0 Å². The van der Waals surface area contributed by atoms with E-state index in [9.17, 15) is 0 Å².